The molecule has 0 aromatic heterocycles. The van der Waals surface area contributed by atoms with Crippen LogP contribution < -0.4 is 0 Å². The molecular formula is C17H25ClN2. The summed E-state index contributed by atoms with van der Waals surface area (Å²) in [4.78, 5) is 2.43. The molecule has 0 unspecified atom stereocenters. The van der Waals surface area contributed by atoms with Crippen LogP contribution in [-0.2, 0) is 6.54 Å². The van der Waals surface area contributed by atoms with Crippen LogP contribution >= 0.6 is 11.6 Å². The number of benzene rings is 1. The Morgan fingerprint density at radius 1 is 1.25 bits per heavy atom. The molecule has 1 aromatic rings. The monoisotopic (exact) mass is 292 g/mol. The molecule has 0 radical (unpaired) electrons. The first kappa shape index (κ1) is 17.0. The maximum absolute atomic E-state index is 8.84. The highest BCUT2D eigenvalue weighted by Crippen LogP contribution is 2.34. The second-order valence-electron chi connectivity index (χ2n) is 5.51. The van der Waals surface area contributed by atoms with Crippen LogP contribution in [0.1, 0.15) is 45.6 Å². The van der Waals surface area contributed by atoms with E-state index in [9.17, 15) is 0 Å². The van der Waals surface area contributed by atoms with Gasteiger partial charge in [0.1, 0.15) is 0 Å². The van der Waals surface area contributed by atoms with Crippen molar-refractivity contribution in [3.8, 4) is 6.07 Å². The molecule has 3 heteroatoms. The Balaban J connectivity index is 0.000000956. The van der Waals surface area contributed by atoms with Crippen LogP contribution in [0.4, 0.5) is 0 Å². The van der Waals surface area contributed by atoms with Crippen molar-refractivity contribution in [2.24, 2.45) is 5.41 Å². The predicted molar refractivity (Wildman–Crippen MR) is 85.6 cm³/mol. The van der Waals surface area contributed by atoms with Gasteiger partial charge in [0.2, 0.25) is 0 Å². The molecule has 0 atom stereocenters. The lowest BCUT2D eigenvalue weighted by Crippen LogP contribution is -2.38. The minimum Gasteiger partial charge on any atom is -0.299 e. The Labute approximate surface area is 128 Å². The smallest absolute Gasteiger partial charge is 0.0627 e. The summed E-state index contributed by atoms with van der Waals surface area (Å²) in [6.45, 7) is 9.26. The quantitative estimate of drug-likeness (QED) is 0.794. The van der Waals surface area contributed by atoms with Crippen LogP contribution in [0.5, 0.6) is 0 Å². The van der Waals surface area contributed by atoms with E-state index < -0.39 is 0 Å². The van der Waals surface area contributed by atoms with E-state index in [1.807, 2.05) is 32.0 Å². The van der Waals surface area contributed by atoms with E-state index in [2.05, 4.69) is 24.0 Å². The minimum absolute atomic E-state index is 0.214. The fraction of sp³-hybridized carbons (Fsp3) is 0.588. The van der Waals surface area contributed by atoms with E-state index in [1.165, 1.54) is 5.56 Å². The summed E-state index contributed by atoms with van der Waals surface area (Å²) in [5.41, 5.74) is 1.41. The van der Waals surface area contributed by atoms with E-state index >= 15 is 0 Å². The molecule has 0 saturated carbocycles. The maximum atomic E-state index is 8.84. The lowest BCUT2D eigenvalue weighted by atomic mass is 9.78. The SMILES string of the molecule is CC.CC1(CC#N)CCN(Cc2ccccc2Cl)CC1. The summed E-state index contributed by atoms with van der Waals surface area (Å²) in [7, 11) is 0. The number of halogens is 1. The van der Waals surface area contributed by atoms with E-state index in [0.29, 0.717) is 6.42 Å². The van der Waals surface area contributed by atoms with Crippen molar-refractivity contribution < 1.29 is 0 Å². The second-order valence-corrected chi connectivity index (χ2v) is 5.92. The van der Waals surface area contributed by atoms with Crippen LogP contribution in [-0.4, -0.2) is 18.0 Å². The van der Waals surface area contributed by atoms with E-state index in [4.69, 9.17) is 16.9 Å². The van der Waals surface area contributed by atoms with Gasteiger partial charge in [-0.15, -0.1) is 0 Å². The van der Waals surface area contributed by atoms with Gasteiger partial charge in [-0.3, -0.25) is 4.90 Å². The molecule has 0 aliphatic carbocycles. The average molecular weight is 293 g/mol. The van der Waals surface area contributed by atoms with Gasteiger partial charge in [-0.2, -0.15) is 5.26 Å². The van der Waals surface area contributed by atoms with Crippen LogP contribution in [0.15, 0.2) is 24.3 Å². The van der Waals surface area contributed by atoms with Crippen molar-refractivity contribution in [3.05, 3.63) is 34.9 Å². The zero-order valence-electron chi connectivity index (χ0n) is 12.8. The van der Waals surface area contributed by atoms with Crippen LogP contribution in [0, 0.1) is 16.7 Å². The number of nitrogens with zero attached hydrogens (tertiary/aromatic N) is 2. The number of rotatable bonds is 3. The Hall–Kier alpha value is -1.04. The number of likely N-dealkylation sites (tertiary alicyclic amines) is 1. The Bertz CT molecular complexity index is 443. The van der Waals surface area contributed by atoms with Crippen molar-refractivity contribution in [1.29, 1.82) is 5.26 Å². The predicted octanol–water partition coefficient (Wildman–Crippen LogP) is 4.88. The molecule has 1 aliphatic rings. The molecule has 0 spiro atoms. The van der Waals surface area contributed by atoms with Gasteiger partial charge in [0.15, 0.2) is 0 Å². The largest absolute Gasteiger partial charge is 0.299 e. The van der Waals surface area contributed by atoms with Crippen molar-refractivity contribution in [2.45, 2.75) is 46.6 Å². The van der Waals surface area contributed by atoms with Gasteiger partial charge < -0.3 is 0 Å². The zero-order valence-corrected chi connectivity index (χ0v) is 13.6. The molecule has 0 bridgehead atoms. The maximum Gasteiger partial charge on any atom is 0.0627 e. The molecule has 0 N–H and O–H groups in total. The molecule has 0 amide bonds. The van der Waals surface area contributed by atoms with E-state index in [-0.39, 0.29) is 5.41 Å². The molecule has 1 heterocycles. The molecule has 2 nitrogen and oxygen atoms in total. The van der Waals surface area contributed by atoms with Crippen molar-refractivity contribution >= 4 is 11.6 Å². The van der Waals surface area contributed by atoms with Crippen molar-refractivity contribution in [1.82, 2.24) is 4.90 Å². The normalized spacial score (nSPS) is 17.8. The third kappa shape index (κ3) is 4.81. The average Bonchev–Trinajstić information content (AvgIpc) is 2.46. The molecule has 2 rings (SSSR count). The first-order chi connectivity index (χ1) is 9.63. The first-order valence-electron chi connectivity index (χ1n) is 7.46. The van der Waals surface area contributed by atoms with Gasteiger partial charge in [0.05, 0.1) is 6.07 Å². The van der Waals surface area contributed by atoms with Crippen LogP contribution in [0.2, 0.25) is 5.02 Å². The Kier molecular flexibility index (Phi) is 7.05. The molecule has 110 valence electrons. The lowest BCUT2D eigenvalue weighted by molar-refractivity contribution is 0.116. The summed E-state index contributed by atoms with van der Waals surface area (Å²) in [5.74, 6) is 0. The molecule has 20 heavy (non-hydrogen) atoms. The van der Waals surface area contributed by atoms with Crippen LogP contribution in [0.3, 0.4) is 0 Å². The minimum atomic E-state index is 0.214. The molecular weight excluding hydrogens is 268 g/mol. The van der Waals surface area contributed by atoms with Gasteiger partial charge in [-0.25, -0.2) is 0 Å². The summed E-state index contributed by atoms with van der Waals surface area (Å²) < 4.78 is 0. The summed E-state index contributed by atoms with van der Waals surface area (Å²) >= 11 is 6.18. The van der Waals surface area contributed by atoms with Gasteiger partial charge in [0, 0.05) is 18.0 Å². The number of piperidine rings is 1. The topological polar surface area (TPSA) is 27.0 Å². The molecule has 1 saturated heterocycles. The van der Waals surface area contributed by atoms with Gasteiger partial charge >= 0.3 is 0 Å². The standard InChI is InChI=1S/C15H19ClN2.C2H6/c1-15(6-9-17)7-10-18(11-8-15)12-13-4-2-3-5-14(13)16;1-2/h2-5H,6-8,10-12H2,1H3;1-2H3. The highest BCUT2D eigenvalue weighted by atomic mass is 35.5. The first-order valence-corrected chi connectivity index (χ1v) is 7.83. The molecule has 1 aliphatic heterocycles. The van der Waals surface area contributed by atoms with E-state index in [1.54, 1.807) is 0 Å². The Morgan fingerprint density at radius 2 is 1.85 bits per heavy atom. The van der Waals surface area contributed by atoms with E-state index in [0.717, 1.165) is 37.5 Å². The van der Waals surface area contributed by atoms with Crippen molar-refractivity contribution in [3.63, 3.8) is 0 Å². The second kappa shape index (κ2) is 8.29. The molecule has 1 fully saturated rings. The van der Waals surface area contributed by atoms with Crippen molar-refractivity contribution in [2.75, 3.05) is 13.1 Å². The highest BCUT2D eigenvalue weighted by Gasteiger charge is 2.29. The van der Waals surface area contributed by atoms with Gasteiger partial charge in [-0.05, 0) is 43.0 Å². The summed E-state index contributed by atoms with van der Waals surface area (Å²) in [5, 5.41) is 9.69. The fourth-order valence-corrected chi connectivity index (χ4v) is 2.68. The lowest BCUT2D eigenvalue weighted by Gasteiger charge is -2.38. The summed E-state index contributed by atoms with van der Waals surface area (Å²) in [6.07, 6.45) is 2.88. The third-order valence-corrected chi connectivity index (χ3v) is 4.29. The van der Waals surface area contributed by atoms with Gasteiger partial charge in [0.25, 0.3) is 0 Å². The zero-order chi connectivity index (χ0) is 15.0. The number of hydrogen-bond acceptors (Lipinski definition) is 2. The van der Waals surface area contributed by atoms with Crippen LogP contribution in [0.25, 0.3) is 0 Å². The van der Waals surface area contributed by atoms with Gasteiger partial charge in [-0.1, -0.05) is 50.6 Å². The highest BCUT2D eigenvalue weighted by molar-refractivity contribution is 6.31. The Morgan fingerprint density at radius 3 is 2.40 bits per heavy atom. The summed E-state index contributed by atoms with van der Waals surface area (Å²) in [6, 6.07) is 10.3. The number of hydrogen-bond donors (Lipinski definition) is 0. The third-order valence-electron chi connectivity index (χ3n) is 3.92. The number of nitriles is 1. The fourth-order valence-electron chi connectivity index (χ4n) is 2.49. The molecule has 1 aromatic carbocycles.